The first-order valence-electron chi connectivity index (χ1n) is 4.77. The van der Waals surface area contributed by atoms with Crippen LogP contribution in [0.5, 0.6) is 0 Å². The quantitative estimate of drug-likeness (QED) is 0.742. The van der Waals surface area contributed by atoms with Crippen molar-refractivity contribution in [3.05, 3.63) is 29.8 Å². The van der Waals surface area contributed by atoms with E-state index in [0.29, 0.717) is 0 Å². The summed E-state index contributed by atoms with van der Waals surface area (Å²) in [6.45, 7) is 0. The van der Waals surface area contributed by atoms with Crippen LogP contribution in [-0.4, -0.2) is 30.6 Å². The molecule has 0 spiro atoms. The minimum absolute atomic E-state index is 0.231. The van der Waals surface area contributed by atoms with E-state index < -0.39 is 11.0 Å². The fourth-order valence-corrected chi connectivity index (χ4v) is 1.66. The lowest BCUT2D eigenvalue weighted by Crippen LogP contribution is -2.18. The highest BCUT2D eigenvalue weighted by atomic mass is 32.2. The summed E-state index contributed by atoms with van der Waals surface area (Å²) < 4.78 is 17.5. The van der Waals surface area contributed by atoms with Crippen LogP contribution in [0.4, 0.5) is 5.69 Å². The average molecular weight is 241 g/mol. The number of carbonyl (C=O) groups is 1. The van der Waals surface area contributed by atoms with Crippen molar-refractivity contribution >= 4 is 22.6 Å². The first kappa shape index (κ1) is 12.7. The van der Waals surface area contributed by atoms with Gasteiger partial charge in [0, 0.05) is 19.0 Å². The van der Waals surface area contributed by atoms with Crippen molar-refractivity contribution in [2.75, 3.05) is 24.7 Å². The molecule has 16 heavy (non-hydrogen) atoms. The summed E-state index contributed by atoms with van der Waals surface area (Å²) >= 11 is 0. The van der Waals surface area contributed by atoms with Gasteiger partial charge >= 0.3 is 5.97 Å². The van der Waals surface area contributed by atoms with Crippen LogP contribution in [0.3, 0.4) is 0 Å². The van der Waals surface area contributed by atoms with Gasteiger partial charge in [-0.15, -0.1) is 0 Å². The molecule has 0 aliphatic carbocycles. The molecule has 0 saturated carbocycles. The van der Waals surface area contributed by atoms with E-state index in [0.717, 1.165) is 11.3 Å². The molecule has 88 valence electrons. The molecule has 0 aliphatic rings. The highest BCUT2D eigenvalue weighted by Crippen LogP contribution is 2.16. The van der Waals surface area contributed by atoms with Crippen LogP contribution in [-0.2, 0) is 26.9 Å². The predicted octanol–water partition coefficient (Wildman–Crippen LogP) is 1.13. The molecule has 0 radical (unpaired) electrons. The maximum Gasteiger partial charge on any atom is 0.309 e. The lowest BCUT2D eigenvalue weighted by atomic mass is 10.1. The lowest BCUT2D eigenvalue weighted by molar-refractivity contribution is -0.139. The van der Waals surface area contributed by atoms with E-state index in [1.165, 1.54) is 7.11 Å². The predicted molar refractivity (Wildman–Crippen MR) is 64.6 cm³/mol. The first-order chi connectivity index (χ1) is 7.54. The summed E-state index contributed by atoms with van der Waals surface area (Å²) in [5.74, 6) is -0.280. The summed E-state index contributed by atoms with van der Waals surface area (Å²) in [6.07, 6.45) is 1.83. The van der Waals surface area contributed by atoms with Crippen LogP contribution in [0.2, 0.25) is 0 Å². The highest BCUT2D eigenvalue weighted by molar-refractivity contribution is 7.85. The molecular formula is C11H15NO3S. The second-order valence-electron chi connectivity index (χ2n) is 3.34. The normalized spacial score (nSPS) is 11.9. The Bertz CT molecular complexity index is 406. The smallest absolute Gasteiger partial charge is 0.309 e. The Balaban J connectivity index is 2.86. The van der Waals surface area contributed by atoms with Crippen molar-refractivity contribution in [3.63, 3.8) is 0 Å². The van der Waals surface area contributed by atoms with E-state index >= 15 is 0 Å². The van der Waals surface area contributed by atoms with E-state index in [1.54, 1.807) is 17.6 Å². The van der Waals surface area contributed by atoms with Crippen molar-refractivity contribution in [2.24, 2.45) is 0 Å². The monoisotopic (exact) mass is 241 g/mol. The number of benzene rings is 1. The van der Waals surface area contributed by atoms with Crippen LogP contribution in [0.25, 0.3) is 0 Å². The summed E-state index contributed by atoms with van der Waals surface area (Å²) in [5, 5.41) is 0. The van der Waals surface area contributed by atoms with Gasteiger partial charge in [-0.25, -0.2) is 4.21 Å². The molecule has 1 aromatic carbocycles. The molecule has 0 N–H and O–H groups in total. The maximum atomic E-state index is 11.3. The standard InChI is InChI=1S/C11H15NO3S/c1-12(16(3)14)10-6-4-5-9(7-10)8-11(13)15-2/h4-7H,8H2,1-3H3. The second-order valence-corrected chi connectivity index (χ2v) is 4.74. The van der Waals surface area contributed by atoms with Crippen LogP contribution >= 0.6 is 0 Å². The third-order valence-electron chi connectivity index (χ3n) is 2.24. The van der Waals surface area contributed by atoms with Crippen molar-refractivity contribution in [1.82, 2.24) is 0 Å². The number of hydrogen-bond donors (Lipinski definition) is 0. The van der Waals surface area contributed by atoms with Crippen molar-refractivity contribution in [1.29, 1.82) is 0 Å². The van der Waals surface area contributed by atoms with Crippen LogP contribution in [0, 0.1) is 0 Å². The van der Waals surface area contributed by atoms with E-state index in [4.69, 9.17) is 0 Å². The zero-order valence-corrected chi connectivity index (χ0v) is 10.4. The molecule has 1 atom stereocenters. The molecule has 0 aromatic heterocycles. The lowest BCUT2D eigenvalue weighted by Gasteiger charge is -2.16. The van der Waals surface area contributed by atoms with Gasteiger partial charge in [0.15, 0.2) is 0 Å². The number of carbonyl (C=O) groups excluding carboxylic acids is 1. The number of rotatable bonds is 4. The maximum absolute atomic E-state index is 11.3. The molecule has 1 rings (SSSR count). The molecule has 5 heteroatoms. The largest absolute Gasteiger partial charge is 0.469 e. The summed E-state index contributed by atoms with van der Waals surface area (Å²) in [7, 11) is 2.04. The van der Waals surface area contributed by atoms with Gasteiger partial charge in [-0.3, -0.25) is 9.10 Å². The number of hydrogen-bond acceptors (Lipinski definition) is 3. The van der Waals surface area contributed by atoms with Crippen molar-refractivity contribution < 1.29 is 13.7 Å². The zero-order valence-electron chi connectivity index (χ0n) is 9.60. The van der Waals surface area contributed by atoms with Gasteiger partial charge < -0.3 is 4.74 Å². The topological polar surface area (TPSA) is 46.6 Å². The van der Waals surface area contributed by atoms with Crippen LogP contribution in [0.15, 0.2) is 24.3 Å². The highest BCUT2D eigenvalue weighted by Gasteiger charge is 2.07. The Morgan fingerprint density at radius 3 is 2.75 bits per heavy atom. The number of esters is 1. The molecule has 1 aromatic rings. The Kier molecular flexibility index (Phi) is 4.49. The van der Waals surface area contributed by atoms with Gasteiger partial charge in [0.1, 0.15) is 11.0 Å². The fraction of sp³-hybridized carbons (Fsp3) is 0.364. The van der Waals surface area contributed by atoms with Gasteiger partial charge in [0.2, 0.25) is 0 Å². The first-order valence-corrected chi connectivity index (χ1v) is 6.29. The molecule has 0 bridgehead atoms. The van der Waals surface area contributed by atoms with Crippen LogP contribution < -0.4 is 4.31 Å². The fourth-order valence-electron chi connectivity index (χ4n) is 1.25. The molecule has 0 amide bonds. The minimum atomic E-state index is -1.07. The molecule has 0 fully saturated rings. The third kappa shape index (κ3) is 3.34. The van der Waals surface area contributed by atoms with E-state index in [-0.39, 0.29) is 12.4 Å². The zero-order chi connectivity index (χ0) is 12.1. The van der Waals surface area contributed by atoms with Crippen molar-refractivity contribution in [3.8, 4) is 0 Å². The molecule has 4 nitrogen and oxygen atoms in total. The van der Waals surface area contributed by atoms with Crippen molar-refractivity contribution in [2.45, 2.75) is 6.42 Å². The second kappa shape index (κ2) is 5.65. The Labute approximate surface area is 97.8 Å². The van der Waals surface area contributed by atoms with Gasteiger partial charge in [-0.2, -0.15) is 0 Å². The number of methoxy groups -OCH3 is 1. The SMILES string of the molecule is COC(=O)Cc1cccc(N(C)S(C)=O)c1. The van der Waals surface area contributed by atoms with Gasteiger partial charge in [0.05, 0.1) is 13.5 Å². The third-order valence-corrected chi connectivity index (χ3v) is 3.22. The molecule has 0 heterocycles. The van der Waals surface area contributed by atoms with Gasteiger partial charge in [0.25, 0.3) is 0 Å². The van der Waals surface area contributed by atoms with E-state index in [2.05, 4.69) is 4.74 Å². The molecular weight excluding hydrogens is 226 g/mol. The van der Waals surface area contributed by atoms with E-state index in [1.807, 2.05) is 24.3 Å². The molecule has 0 aliphatic heterocycles. The van der Waals surface area contributed by atoms with Gasteiger partial charge in [-0.1, -0.05) is 12.1 Å². The molecule has 1 unspecified atom stereocenters. The van der Waals surface area contributed by atoms with Gasteiger partial charge in [-0.05, 0) is 17.7 Å². The number of ether oxygens (including phenoxy) is 1. The Morgan fingerprint density at radius 1 is 1.50 bits per heavy atom. The minimum Gasteiger partial charge on any atom is -0.469 e. The number of nitrogens with zero attached hydrogens (tertiary/aromatic N) is 1. The Hall–Kier alpha value is -1.36. The molecule has 0 saturated heterocycles. The average Bonchev–Trinajstić information content (AvgIpc) is 2.28. The summed E-state index contributed by atoms with van der Waals surface area (Å²) in [4.78, 5) is 11.1. The summed E-state index contributed by atoms with van der Waals surface area (Å²) in [5.41, 5.74) is 1.67. The number of anilines is 1. The van der Waals surface area contributed by atoms with E-state index in [9.17, 15) is 9.00 Å². The summed E-state index contributed by atoms with van der Waals surface area (Å²) in [6, 6.07) is 7.35. The van der Waals surface area contributed by atoms with Crippen LogP contribution in [0.1, 0.15) is 5.56 Å². The Morgan fingerprint density at radius 2 is 2.19 bits per heavy atom.